The monoisotopic (exact) mass is 592 g/mol. The van der Waals surface area contributed by atoms with Crippen LogP contribution in [0.4, 0.5) is 18.9 Å². The van der Waals surface area contributed by atoms with Gasteiger partial charge >= 0.3 is 6.18 Å². The Labute approximate surface area is 243 Å². The Morgan fingerprint density at radius 1 is 0.977 bits per heavy atom. The molecule has 2 saturated carbocycles. The highest BCUT2D eigenvalue weighted by Gasteiger charge is 2.45. The van der Waals surface area contributed by atoms with Gasteiger partial charge in [-0.3, -0.25) is 39.1 Å². The van der Waals surface area contributed by atoms with E-state index in [0.717, 1.165) is 36.6 Å². The smallest absolute Gasteiger partial charge is 0.385 e. The molecular weight excluding hydrogens is 565 g/mol. The molecule has 2 N–H and O–H groups in total. The third-order valence-corrected chi connectivity index (χ3v) is 8.71. The maximum atomic E-state index is 13.7. The minimum absolute atomic E-state index is 0.0531. The molecule has 3 aromatic rings. The number of piperidine rings is 1. The first kappa shape index (κ1) is 27.3. The molecule has 4 aliphatic rings. The van der Waals surface area contributed by atoms with Crippen LogP contribution in [0.5, 0.6) is 0 Å². The molecule has 43 heavy (non-hydrogen) atoms. The first-order chi connectivity index (χ1) is 20.6. The van der Waals surface area contributed by atoms with Crippen molar-refractivity contribution in [3.8, 4) is 11.3 Å². The molecule has 1 saturated heterocycles. The fourth-order valence-corrected chi connectivity index (χ4v) is 6.21. The van der Waals surface area contributed by atoms with Crippen LogP contribution in [0.3, 0.4) is 0 Å². The fraction of sp³-hybridized carbons (Fsp3) is 0.400. The molecule has 222 valence electrons. The maximum absolute atomic E-state index is 13.7. The number of pyridine rings is 1. The molecule has 4 amide bonds. The van der Waals surface area contributed by atoms with Gasteiger partial charge in [0.2, 0.25) is 11.8 Å². The number of amides is 4. The topological polar surface area (TPSA) is 126 Å². The van der Waals surface area contributed by atoms with Gasteiger partial charge in [0, 0.05) is 42.5 Å². The second-order valence-corrected chi connectivity index (χ2v) is 11.7. The Morgan fingerprint density at radius 3 is 2.47 bits per heavy atom. The van der Waals surface area contributed by atoms with Crippen LogP contribution in [0.15, 0.2) is 42.7 Å². The van der Waals surface area contributed by atoms with Crippen LogP contribution in [0, 0.1) is 5.92 Å². The average molecular weight is 593 g/mol. The van der Waals surface area contributed by atoms with Crippen LogP contribution in [-0.2, 0) is 15.8 Å². The molecule has 2 aliphatic carbocycles. The quantitative estimate of drug-likeness (QED) is 0.392. The van der Waals surface area contributed by atoms with Crippen LogP contribution < -0.4 is 10.6 Å². The van der Waals surface area contributed by atoms with Gasteiger partial charge in [-0.2, -0.15) is 18.3 Å². The number of aromatic nitrogens is 3. The number of nitrogens with zero attached hydrogens (tertiary/aromatic N) is 4. The van der Waals surface area contributed by atoms with Crippen molar-refractivity contribution < 1.29 is 32.3 Å². The lowest BCUT2D eigenvalue weighted by Crippen LogP contribution is -2.54. The van der Waals surface area contributed by atoms with Gasteiger partial charge in [0.15, 0.2) is 0 Å². The van der Waals surface area contributed by atoms with Gasteiger partial charge in [0.05, 0.1) is 34.1 Å². The second kappa shape index (κ2) is 10.0. The second-order valence-electron chi connectivity index (χ2n) is 11.7. The number of hydrogen-bond donors (Lipinski definition) is 2. The van der Waals surface area contributed by atoms with Crippen molar-refractivity contribution in [3.05, 3.63) is 65.1 Å². The first-order valence-corrected chi connectivity index (χ1v) is 14.3. The number of fused-ring (bicyclic) bond motifs is 1. The normalized spacial score (nSPS) is 23.7. The number of anilines is 1. The summed E-state index contributed by atoms with van der Waals surface area (Å²) < 4.78 is 42.9. The lowest BCUT2D eigenvalue weighted by atomic mass is 9.80. The van der Waals surface area contributed by atoms with Gasteiger partial charge in [-0.15, -0.1) is 0 Å². The van der Waals surface area contributed by atoms with Crippen LogP contribution in [0.2, 0.25) is 0 Å². The number of hydrogen-bond acceptors (Lipinski definition) is 7. The summed E-state index contributed by atoms with van der Waals surface area (Å²) in [7, 11) is 0. The van der Waals surface area contributed by atoms with Gasteiger partial charge in [-0.05, 0) is 68.4 Å². The zero-order valence-corrected chi connectivity index (χ0v) is 22.9. The van der Waals surface area contributed by atoms with E-state index in [1.54, 1.807) is 29.1 Å². The lowest BCUT2D eigenvalue weighted by Gasteiger charge is -2.35. The van der Waals surface area contributed by atoms with Crippen molar-refractivity contribution >= 4 is 29.3 Å². The number of benzene rings is 1. The number of rotatable bonds is 7. The predicted octanol–water partition coefficient (Wildman–Crippen LogP) is 4.31. The van der Waals surface area contributed by atoms with Crippen LogP contribution in [0.25, 0.3) is 11.3 Å². The number of halogens is 3. The summed E-state index contributed by atoms with van der Waals surface area (Å²) in [5, 5.41) is 10.2. The molecule has 7 rings (SSSR count). The van der Waals surface area contributed by atoms with Crippen molar-refractivity contribution in [1.29, 1.82) is 0 Å². The zero-order valence-electron chi connectivity index (χ0n) is 22.9. The van der Waals surface area contributed by atoms with Gasteiger partial charge in [0.25, 0.3) is 11.8 Å². The van der Waals surface area contributed by atoms with Crippen LogP contribution in [0.1, 0.15) is 82.5 Å². The maximum Gasteiger partial charge on any atom is 0.418 e. The molecule has 2 aliphatic heterocycles. The molecular formula is C30H27F3N6O4. The first-order valence-electron chi connectivity index (χ1n) is 14.3. The minimum Gasteiger partial charge on any atom is -0.385 e. The van der Waals surface area contributed by atoms with E-state index in [2.05, 4.69) is 15.6 Å². The van der Waals surface area contributed by atoms with E-state index in [0.29, 0.717) is 23.5 Å². The van der Waals surface area contributed by atoms with E-state index in [9.17, 15) is 32.3 Å². The van der Waals surface area contributed by atoms with Gasteiger partial charge < -0.3 is 5.32 Å². The Balaban J connectivity index is 1.01. The molecule has 1 atom stereocenters. The average Bonchev–Trinajstić information content (AvgIpc) is 3.66. The van der Waals surface area contributed by atoms with E-state index in [1.807, 2.05) is 0 Å². The van der Waals surface area contributed by atoms with Crippen LogP contribution in [-0.4, -0.2) is 55.9 Å². The van der Waals surface area contributed by atoms with E-state index in [1.165, 1.54) is 12.3 Å². The predicted molar refractivity (Wildman–Crippen MR) is 146 cm³/mol. The SMILES string of the molecule is O=C1CCC(N2C(=O)c3ccc(NCC4CC(n5cc(-c6ncccc6C(F)(F)F)c(C6CC6)n5)C4)cc3C2=O)C(=O)N1. The molecule has 3 fully saturated rings. The minimum atomic E-state index is -4.52. The third-order valence-electron chi connectivity index (χ3n) is 8.71. The summed E-state index contributed by atoms with van der Waals surface area (Å²) in [5.74, 6) is -1.78. The highest BCUT2D eigenvalue weighted by Crippen LogP contribution is 2.47. The summed E-state index contributed by atoms with van der Waals surface area (Å²) in [6.07, 6.45) is 2.06. The number of imide groups is 2. The molecule has 1 unspecified atom stereocenters. The largest absolute Gasteiger partial charge is 0.418 e. The van der Waals surface area contributed by atoms with Crippen molar-refractivity contribution in [2.75, 3.05) is 11.9 Å². The molecule has 2 aromatic heterocycles. The number of carbonyl (C=O) groups is 4. The summed E-state index contributed by atoms with van der Waals surface area (Å²) in [6, 6.07) is 6.25. The van der Waals surface area contributed by atoms with Crippen molar-refractivity contribution in [2.24, 2.45) is 5.92 Å². The van der Waals surface area contributed by atoms with Crippen molar-refractivity contribution in [1.82, 2.24) is 25.0 Å². The molecule has 1 aromatic carbocycles. The molecule has 4 heterocycles. The van der Waals surface area contributed by atoms with E-state index < -0.39 is 41.4 Å². The van der Waals surface area contributed by atoms with Crippen molar-refractivity contribution in [3.63, 3.8) is 0 Å². The van der Waals surface area contributed by atoms with E-state index in [-0.39, 0.29) is 47.5 Å². The third kappa shape index (κ3) is 4.86. The molecule has 10 nitrogen and oxygen atoms in total. The number of nitrogens with one attached hydrogen (secondary N) is 2. The Kier molecular flexibility index (Phi) is 6.36. The summed E-state index contributed by atoms with van der Waals surface area (Å²) in [5.41, 5.74) is 1.35. The Bertz CT molecular complexity index is 1670. The van der Waals surface area contributed by atoms with Gasteiger partial charge in [-0.1, -0.05) is 0 Å². The van der Waals surface area contributed by atoms with Gasteiger partial charge in [0.1, 0.15) is 6.04 Å². The van der Waals surface area contributed by atoms with Crippen LogP contribution >= 0.6 is 0 Å². The lowest BCUT2D eigenvalue weighted by molar-refractivity contribution is -0.138. The number of alkyl halides is 3. The molecule has 0 radical (unpaired) electrons. The van der Waals surface area contributed by atoms with E-state index >= 15 is 0 Å². The molecule has 0 spiro atoms. The van der Waals surface area contributed by atoms with Crippen molar-refractivity contribution in [2.45, 2.75) is 62.7 Å². The Hall–Kier alpha value is -4.55. The summed E-state index contributed by atoms with van der Waals surface area (Å²) in [4.78, 5) is 54.8. The standard InChI is InChI=1S/C30H27F3N6O4/c31-30(32,33)22-2-1-9-34-26(22)21-14-38(37-25(21)16-3-4-16)18-10-15(11-18)13-35-17-5-6-19-20(12-17)29(43)39(28(19)42)23-7-8-24(40)36-27(23)41/h1-2,5-6,9,12,14-16,18,23,35H,3-4,7-8,10-11,13H2,(H,36,40,41). The Morgan fingerprint density at radius 2 is 1.74 bits per heavy atom. The molecule has 0 bridgehead atoms. The van der Waals surface area contributed by atoms with Gasteiger partial charge in [-0.25, -0.2) is 0 Å². The highest BCUT2D eigenvalue weighted by atomic mass is 19.4. The van der Waals surface area contributed by atoms with E-state index in [4.69, 9.17) is 5.10 Å². The number of carbonyl (C=O) groups excluding carboxylic acids is 4. The summed E-state index contributed by atoms with van der Waals surface area (Å²) >= 11 is 0. The molecule has 13 heteroatoms. The fourth-order valence-electron chi connectivity index (χ4n) is 6.21. The zero-order chi connectivity index (χ0) is 30.0. The highest BCUT2D eigenvalue weighted by molar-refractivity contribution is 6.23. The summed E-state index contributed by atoms with van der Waals surface area (Å²) in [6.45, 7) is 0.594.